The summed E-state index contributed by atoms with van der Waals surface area (Å²) in [5, 5.41) is 7.10. The summed E-state index contributed by atoms with van der Waals surface area (Å²) in [6.07, 6.45) is 3.84. The molecule has 2 atom stereocenters. The van der Waals surface area contributed by atoms with Crippen LogP contribution in [0.15, 0.2) is 6.20 Å². The Bertz CT molecular complexity index is 547. The van der Waals surface area contributed by atoms with Gasteiger partial charge in [-0.1, -0.05) is 0 Å². The van der Waals surface area contributed by atoms with E-state index >= 15 is 0 Å². The molecule has 1 aromatic rings. The van der Waals surface area contributed by atoms with Gasteiger partial charge in [-0.05, 0) is 32.6 Å². The highest BCUT2D eigenvalue weighted by Gasteiger charge is 2.46. The molecule has 1 aromatic heterocycles. The van der Waals surface area contributed by atoms with E-state index in [-0.39, 0.29) is 17.9 Å². The predicted octanol–water partition coefficient (Wildman–Crippen LogP) is 0.358. The zero-order valence-corrected chi connectivity index (χ0v) is 11.4. The number of nitrogens with one attached hydrogen (secondary N) is 1. The maximum absolute atomic E-state index is 12.6. The van der Waals surface area contributed by atoms with Crippen molar-refractivity contribution in [3.8, 4) is 0 Å². The molecule has 0 radical (unpaired) electrons. The van der Waals surface area contributed by atoms with E-state index in [0.29, 0.717) is 5.92 Å². The number of aromatic nitrogens is 2. The summed E-state index contributed by atoms with van der Waals surface area (Å²) in [5.41, 5.74) is 1.51. The lowest BCUT2D eigenvalue weighted by molar-refractivity contribution is -0.134. The number of carbonyl (C=O) groups is 2. The zero-order valence-electron chi connectivity index (χ0n) is 11.4. The first-order chi connectivity index (χ1) is 8.99. The van der Waals surface area contributed by atoms with E-state index < -0.39 is 6.04 Å². The summed E-state index contributed by atoms with van der Waals surface area (Å²) in [6.45, 7) is 3.61. The number of anilines is 1. The minimum absolute atomic E-state index is 0.00861. The van der Waals surface area contributed by atoms with Gasteiger partial charge in [0.25, 0.3) is 5.91 Å². The number of carbonyl (C=O) groups excluding carboxylic acids is 2. The Morgan fingerprint density at radius 2 is 2.05 bits per heavy atom. The highest BCUT2D eigenvalue weighted by Crippen LogP contribution is 2.36. The molecule has 6 heteroatoms. The van der Waals surface area contributed by atoms with Crippen LogP contribution in [0, 0.1) is 12.8 Å². The quantitative estimate of drug-likeness (QED) is 0.836. The van der Waals surface area contributed by atoms with Crippen molar-refractivity contribution in [1.29, 1.82) is 0 Å². The van der Waals surface area contributed by atoms with Gasteiger partial charge >= 0.3 is 0 Å². The molecule has 102 valence electrons. The molecule has 0 aromatic carbocycles. The second kappa shape index (κ2) is 4.08. The van der Waals surface area contributed by atoms with E-state index in [1.54, 1.807) is 22.7 Å². The molecule has 1 aliphatic heterocycles. The molecule has 0 bridgehead atoms. The molecule has 1 aliphatic carbocycles. The topological polar surface area (TPSA) is 67.2 Å². The monoisotopic (exact) mass is 262 g/mol. The van der Waals surface area contributed by atoms with E-state index in [1.807, 2.05) is 14.0 Å². The standard InChI is InChI=1S/C13H18N4O2/c1-7-10(6-16(3)15-7)17-8(2)12(18)14-11(13(17)19)9-4-5-9/h6,8-9,11H,4-5H2,1-3H3,(H,14,18). The summed E-state index contributed by atoms with van der Waals surface area (Å²) in [6, 6.07) is -0.839. The molecule has 6 nitrogen and oxygen atoms in total. The first-order valence-electron chi connectivity index (χ1n) is 6.62. The number of hydrogen-bond acceptors (Lipinski definition) is 3. The first kappa shape index (κ1) is 12.2. The summed E-state index contributed by atoms with van der Waals surface area (Å²) >= 11 is 0. The molecule has 1 saturated heterocycles. The van der Waals surface area contributed by atoms with Gasteiger partial charge < -0.3 is 5.32 Å². The molecule has 2 aliphatic rings. The lowest BCUT2D eigenvalue weighted by Gasteiger charge is -2.37. The van der Waals surface area contributed by atoms with Gasteiger partial charge in [-0.3, -0.25) is 19.2 Å². The summed E-state index contributed by atoms with van der Waals surface area (Å²) in [7, 11) is 1.81. The Morgan fingerprint density at radius 3 is 2.58 bits per heavy atom. The van der Waals surface area contributed by atoms with Crippen molar-refractivity contribution in [3.63, 3.8) is 0 Å². The van der Waals surface area contributed by atoms with Crippen LogP contribution in [-0.4, -0.2) is 33.7 Å². The third-order valence-electron chi connectivity index (χ3n) is 3.91. The molecule has 2 unspecified atom stereocenters. The highest BCUT2D eigenvalue weighted by atomic mass is 16.2. The van der Waals surface area contributed by atoms with Crippen molar-refractivity contribution in [2.24, 2.45) is 13.0 Å². The van der Waals surface area contributed by atoms with Gasteiger partial charge in [0.15, 0.2) is 0 Å². The maximum Gasteiger partial charge on any atom is 0.250 e. The van der Waals surface area contributed by atoms with Crippen LogP contribution in [0.5, 0.6) is 0 Å². The van der Waals surface area contributed by atoms with Crippen LogP contribution >= 0.6 is 0 Å². The molecule has 0 spiro atoms. The average molecular weight is 262 g/mol. The Kier molecular flexibility index (Phi) is 2.62. The van der Waals surface area contributed by atoms with Gasteiger partial charge in [0.2, 0.25) is 5.91 Å². The Balaban J connectivity index is 1.98. The van der Waals surface area contributed by atoms with Crippen molar-refractivity contribution in [2.75, 3.05) is 4.90 Å². The third kappa shape index (κ3) is 1.91. The average Bonchev–Trinajstić information content (AvgIpc) is 3.12. The van der Waals surface area contributed by atoms with Crippen molar-refractivity contribution >= 4 is 17.5 Å². The van der Waals surface area contributed by atoms with Gasteiger partial charge in [0.1, 0.15) is 12.1 Å². The van der Waals surface area contributed by atoms with Crippen LogP contribution in [0.4, 0.5) is 5.69 Å². The van der Waals surface area contributed by atoms with Crippen molar-refractivity contribution in [3.05, 3.63) is 11.9 Å². The molecular weight excluding hydrogens is 244 g/mol. The molecule has 19 heavy (non-hydrogen) atoms. The predicted molar refractivity (Wildman–Crippen MR) is 69.5 cm³/mol. The fourth-order valence-corrected chi connectivity index (χ4v) is 2.69. The molecular formula is C13H18N4O2. The summed E-state index contributed by atoms with van der Waals surface area (Å²) in [5.74, 6) is 0.217. The summed E-state index contributed by atoms with van der Waals surface area (Å²) in [4.78, 5) is 26.3. The first-order valence-corrected chi connectivity index (χ1v) is 6.62. The fourth-order valence-electron chi connectivity index (χ4n) is 2.69. The normalized spacial score (nSPS) is 27.6. The minimum atomic E-state index is -0.481. The number of hydrogen-bond donors (Lipinski definition) is 1. The molecule has 2 amide bonds. The third-order valence-corrected chi connectivity index (χ3v) is 3.91. The Labute approximate surface area is 111 Å². The van der Waals surface area contributed by atoms with Crippen molar-refractivity contribution in [2.45, 2.75) is 38.8 Å². The summed E-state index contributed by atoms with van der Waals surface area (Å²) < 4.78 is 1.67. The van der Waals surface area contributed by atoms with Gasteiger partial charge in [-0.2, -0.15) is 5.10 Å². The number of amides is 2. The number of aryl methyl sites for hydroxylation is 2. The van der Waals surface area contributed by atoms with Crippen LogP contribution in [0.1, 0.15) is 25.5 Å². The van der Waals surface area contributed by atoms with E-state index in [2.05, 4.69) is 10.4 Å². The van der Waals surface area contributed by atoms with Crippen LogP contribution < -0.4 is 10.2 Å². The number of rotatable bonds is 2. The van der Waals surface area contributed by atoms with Crippen LogP contribution in [-0.2, 0) is 16.6 Å². The van der Waals surface area contributed by atoms with E-state index in [9.17, 15) is 9.59 Å². The van der Waals surface area contributed by atoms with Crippen molar-refractivity contribution < 1.29 is 9.59 Å². The molecule has 1 saturated carbocycles. The fraction of sp³-hybridized carbons (Fsp3) is 0.615. The molecule has 1 N–H and O–H groups in total. The van der Waals surface area contributed by atoms with Gasteiger partial charge in [-0.25, -0.2) is 0 Å². The highest BCUT2D eigenvalue weighted by molar-refractivity contribution is 6.08. The van der Waals surface area contributed by atoms with Crippen LogP contribution in [0.3, 0.4) is 0 Å². The number of piperazine rings is 1. The molecule has 2 heterocycles. The Morgan fingerprint density at radius 1 is 1.37 bits per heavy atom. The van der Waals surface area contributed by atoms with Gasteiger partial charge in [0.05, 0.1) is 11.4 Å². The SMILES string of the molecule is Cc1nn(C)cc1N1C(=O)C(C2CC2)NC(=O)C1C. The molecule has 3 rings (SSSR count). The lowest BCUT2D eigenvalue weighted by atomic mass is 10.0. The van der Waals surface area contributed by atoms with Gasteiger partial charge in [0, 0.05) is 13.2 Å². The van der Waals surface area contributed by atoms with E-state index in [1.165, 1.54) is 0 Å². The second-order valence-electron chi connectivity index (χ2n) is 5.48. The lowest BCUT2D eigenvalue weighted by Crippen LogP contribution is -2.63. The van der Waals surface area contributed by atoms with Crippen LogP contribution in [0.25, 0.3) is 0 Å². The van der Waals surface area contributed by atoms with Crippen LogP contribution in [0.2, 0.25) is 0 Å². The maximum atomic E-state index is 12.6. The van der Waals surface area contributed by atoms with Gasteiger partial charge in [-0.15, -0.1) is 0 Å². The molecule has 2 fully saturated rings. The minimum Gasteiger partial charge on any atom is -0.342 e. The second-order valence-corrected chi connectivity index (χ2v) is 5.48. The number of nitrogens with zero attached hydrogens (tertiary/aromatic N) is 3. The largest absolute Gasteiger partial charge is 0.342 e. The van der Waals surface area contributed by atoms with E-state index in [0.717, 1.165) is 24.2 Å². The zero-order chi connectivity index (χ0) is 13.7. The van der Waals surface area contributed by atoms with Crippen molar-refractivity contribution in [1.82, 2.24) is 15.1 Å². The Hall–Kier alpha value is -1.85. The smallest absolute Gasteiger partial charge is 0.250 e. The van der Waals surface area contributed by atoms with E-state index in [4.69, 9.17) is 0 Å².